The van der Waals surface area contributed by atoms with Gasteiger partial charge in [-0.25, -0.2) is 0 Å². The van der Waals surface area contributed by atoms with Crippen LogP contribution in [-0.2, 0) is 9.59 Å². The van der Waals surface area contributed by atoms with Crippen molar-refractivity contribution in [3.8, 4) is 5.75 Å². The van der Waals surface area contributed by atoms with Gasteiger partial charge in [0.1, 0.15) is 18.0 Å². The molecule has 33 heavy (non-hydrogen) atoms. The zero-order chi connectivity index (χ0) is 24.2. The minimum atomic E-state index is -0.970. The maximum atomic E-state index is 13.0. The summed E-state index contributed by atoms with van der Waals surface area (Å²) >= 11 is 2.17. The van der Waals surface area contributed by atoms with Crippen LogP contribution in [0.1, 0.15) is 58.8 Å². The molecule has 184 valence electrons. The van der Waals surface area contributed by atoms with Gasteiger partial charge in [-0.05, 0) is 53.6 Å². The first-order valence-corrected chi connectivity index (χ1v) is 13.0. The number of unbranched alkanes of at least 4 members (excludes halogenated alkanes) is 3. The number of carbonyl (C=O) groups is 2. The highest BCUT2D eigenvalue weighted by Gasteiger charge is 2.40. The molecule has 1 aliphatic carbocycles. The first kappa shape index (κ1) is 27.6. The molecule has 0 radical (unpaired) electrons. The van der Waals surface area contributed by atoms with Gasteiger partial charge in [0, 0.05) is 31.5 Å². The van der Waals surface area contributed by atoms with Gasteiger partial charge in [0.05, 0.1) is 16.2 Å². The number of rotatable bonds is 13. The van der Waals surface area contributed by atoms with Gasteiger partial charge in [0.15, 0.2) is 0 Å². The van der Waals surface area contributed by atoms with Gasteiger partial charge in [0.25, 0.3) is 0 Å². The molecule has 0 saturated heterocycles. The molecule has 0 heterocycles. The average Bonchev–Trinajstić information content (AvgIpc) is 2.80. The summed E-state index contributed by atoms with van der Waals surface area (Å²) < 4.78 is 7.04. The molecule has 3 atom stereocenters. The number of hydrogen-bond donors (Lipinski definition) is 3. The van der Waals surface area contributed by atoms with Crippen molar-refractivity contribution < 1.29 is 24.5 Å². The number of aliphatic hydroxyl groups excluding tert-OH is 2. The maximum absolute atomic E-state index is 13.0. The van der Waals surface area contributed by atoms with Crippen LogP contribution in [0.4, 0.5) is 0 Å². The first-order chi connectivity index (χ1) is 15.9. The number of nitrogens with one attached hydrogen (secondary N) is 1. The topological polar surface area (TPSA) is 99.1 Å². The Hall–Kier alpha value is -1.65. The average molecular weight is 572 g/mol. The van der Waals surface area contributed by atoms with Crippen molar-refractivity contribution >= 4 is 34.4 Å². The van der Waals surface area contributed by atoms with Crippen LogP contribution >= 0.6 is 22.6 Å². The summed E-state index contributed by atoms with van der Waals surface area (Å²) in [7, 11) is 0. The van der Waals surface area contributed by atoms with Gasteiger partial charge in [-0.2, -0.15) is 0 Å². The summed E-state index contributed by atoms with van der Waals surface area (Å²) in [5.41, 5.74) is 0.456. The number of carbonyl (C=O) groups excluding carboxylic acids is 2. The summed E-state index contributed by atoms with van der Waals surface area (Å²) in [5, 5.41) is 23.1. The highest BCUT2D eigenvalue weighted by atomic mass is 127. The summed E-state index contributed by atoms with van der Waals surface area (Å²) in [6, 6.07) is 6.93. The van der Waals surface area contributed by atoms with Crippen molar-refractivity contribution in [3.63, 3.8) is 0 Å². The molecular formula is C25H37IN2O5. The van der Waals surface area contributed by atoms with E-state index in [9.17, 15) is 14.7 Å². The summed E-state index contributed by atoms with van der Waals surface area (Å²) in [4.78, 5) is 27.6. The Labute approximate surface area is 210 Å². The van der Waals surface area contributed by atoms with Crippen molar-refractivity contribution in [1.82, 2.24) is 10.2 Å². The van der Waals surface area contributed by atoms with E-state index in [0.717, 1.165) is 35.7 Å². The highest BCUT2D eigenvalue weighted by Crippen LogP contribution is 2.30. The first-order valence-electron chi connectivity index (χ1n) is 11.9. The number of amides is 2. The van der Waals surface area contributed by atoms with Crippen molar-refractivity contribution in [3.05, 3.63) is 39.5 Å². The lowest BCUT2D eigenvalue weighted by atomic mass is 9.87. The smallest absolute Gasteiger partial charge is 0.247 e. The number of aliphatic hydroxyl groups is 2. The Balaban J connectivity index is 2.33. The second kappa shape index (κ2) is 14.6. The molecule has 8 heteroatoms. The van der Waals surface area contributed by atoms with Crippen LogP contribution in [0.25, 0.3) is 0 Å². The third-order valence-electron chi connectivity index (χ3n) is 5.75. The minimum Gasteiger partial charge on any atom is -0.482 e. The lowest BCUT2D eigenvalue weighted by Gasteiger charge is -2.40. The fraction of sp³-hybridized carbons (Fsp3) is 0.600. The van der Waals surface area contributed by atoms with E-state index in [-0.39, 0.29) is 31.4 Å². The van der Waals surface area contributed by atoms with E-state index in [2.05, 4.69) is 34.8 Å². The molecule has 0 fully saturated rings. The van der Waals surface area contributed by atoms with Crippen LogP contribution in [0.2, 0.25) is 0 Å². The van der Waals surface area contributed by atoms with Crippen LogP contribution in [-0.4, -0.2) is 64.9 Å². The summed E-state index contributed by atoms with van der Waals surface area (Å²) in [6.45, 7) is 4.62. The number of ether oxygens (including phenoxy) is 1. The van der Waals surface area contributed by atoms with Gasteiger partial charge in [-0.1, -0.05) is 45.2 Å². The van der Waals surface area contributed by atoms with E-state index in [1.54, 1.807) is 11.0 Å². The predicted molar refractivity (Wildman–Crippen MR) is 137 cm³/mol. The Morgan fingerprint density at radius 3 is 2.61 bits per heavy atom. The lowest BCUT2D eigenvalue weighted by molar-refractivity contribution is -0.138. The van der Waals surface area contributed by atoms with Crippen LogP contribution in [0, 0.1) is 3.57 Å². The fourth-order valence-electron chi connectivity index (χ4n) is 4.01. The molecule has 7 nitrogen and oxygen atoms in total. The van der Waals surface area contributed by atoms with E-state index in [1.807, 2.05) is 31.2 Å². The minimum absolute atomic E-state index is 0.0110. The van der Waals surface area contributed by atoms with E-state index in [1.165, 1.54) is 0 Å². The molecule has 0 aliphatic heterocycles. The van der Waals surface area contributed by atoms with Crippen molar-refractivity contribution in [1.29, 1.82) is 0 Å². The second-order valence-corrected chi connectivity index (χ2v) is 9.51. The molecule has 2 amide bonds. The SMILES string of the molecule is CCCCCCN(C(=O)CCC)C1CC(C(=O)NCCO)=CC(Oc2ccccc2I)C1O. The molecule has 0 aromatic heterocycles. The Morgan fingerprint density at radius 1 is 1.18 bits per heavy atom. The molecular weight excluding hydrogens is 535 g/mol. The number of nitrogens with zero attached hydrogens (tertiary/aromatic N) is 1. The van der Waals surface area contributed by atoms with Gasteiger partial charge in [-0.3, -0.25) is 9.59 Å². The fourth-order valence-corrected chi connectivity index (χ4v) is 4.52. The lowest BCUT2D eigenvalue weighted by Crippen LogP contribution is -2.55. The molecule has 1 aliphatic rings. The number of halogens is 1. The van der Waals surface area contributed by atoms with Crippen molar-refractivity contribution in [2.75, 3.05) is 19.7 Å². The largest absolute Gasteiger partial charge is 0.482 e. The highest BCUT2D eigenvalue weighted by molar-refractivity contribution is 14.1. The Kier molecular flexibility index (Phi) is 12.2. The molecule has 1 aromatic rings. The molecule has 0 spiro atoms. The van der Waals surface area contributed by atoms with Crippen molar-refractivity contribution in [2.24, 2.45) is 0 Å². The molecule has 0 bridgehead atoms. The summed E-state index contributed by atoms with van der Waals surface area (Å²) in [5.74, 6) is 0.290. The zero-order valence-corrected chi connectivity index (χ0v) is 21.8. The third-order valence-corrected chi connectivity index (χ3v) is 6.64. The van der Waals surface area contributed by atoms with Crippen LogP contribution < -0.4 is 10.1 Å². The Bertz CT molecular complexity index is 801. The van der Waals surface area contributed by atoms with E-state index in [4.69, 9.17) is 9.84 Å². The predicted octanol–water partition coefficient (Wildman–Crippen LogP) is 3.42. The van der Waals surface area contributed by atoms with Crippen LogP contribution in [0.5, 0.6) is 5.75 Å². The zero-order valence-electron chi connectivity index (χ0n) is 19.6. The van der Waals surface area contributed by atoms with Crippen molar-refractivity contribution in [2.45, 2.75) is 77.0 Å². The molecule has 1 aromatic carbocycles. The standard InChI is InChI=1S/C25H37IN2O5/c1-3-5-6-9-14-28(23(30)10-4-2)20-16-18(25(32)27-13-15-29)17-22(24(20)31)33-21-12-8-7-11-19(21)26/h7-8,11-12,17,20,22,24,29,31H,3-6,9-10,13-16H2,1-2H3,(H,27,32). The molecule has 2 rings (SSSR count). The van der Waals surface area contributed by atoms with E-state index in [0.29, 0.717) is 24.3 Å². The molecule has 3 N–H and O–H groups in total. The second-order valence-electron chi connectivity index (χ2n) is 8.34. The van der Waals surface area contributed by atoms with Gasteiger partial charge in [-0.15, -0.1) is 0 Å². The molecule has 0 saturated carbocycles. The van der Waals surface area contributed by atoms with Gasteiger partial charge in [0.2, 0.25) is 11.8 Å². The van der Waals surface area contributed by atoms with Gasteiger partial charge < -0.3 is 25.2 Å². The van der Waals surface area contributed by atoms with Gasteiger partial charge >= 0.3 is 0 Å². The number of benzene rings is 1. The van der Waals surface area contributed by atoms with Crippen LogP contribution in [0.15, 0.2) is 35.9 Å². The van der Waals surface area contributed by atoms with Crippen LogP contribution in [0.3, 0.4) is 0 Å². The van der Waals surface area contributed by atoms with E-state index < -0.39 is 18.2 Å². The third kappa shape index (κ3) is 8.26. The van der Waals surface area contributed by atoms with E-state index >= 15 is 0 Å². The molecule has 3 unspecified atom stereocenters. The quantitative estimate of drug-likeness (QED) is 0.249. The maximum Gasteiger partial charge on any atom is 0.247 e. The normalized spacial score (nSPS) is 20.2. The monoisotopic (exact) mass is 572 g/mol. The number of para-hydroxylation sites is 1. The summed E-state index contributed by atoms with van der Waals surface area (Å²) in [6.07, 6.45) is 5.31. The Morgan fingerprint density at radius 2 is 1.94 bits per heavy atom. The number of hydrogen-bond acceptors (Lipinski definition) is 5.